The summed E-state index contributed by atoms with van der Waals surface area (Å²) in [6, 6.07) is 2.58. The minimum absolute atomic E-state index is 0.120. The number of hydrogen-bond acceptors (Lipinski definition) is 5. The van der Waals surface area contributed by atoms with Crippen LogP contribution in [0.3, 0.4) is 0 Å². The Bertz CT molecular complexity index is 502. The van der Waals surface area contributed by atoms with E-state index in [1.54, 1.807) is 11.0 Å². The Hall–Kier alpha value is -2.31. The van der Waals surface area contributed by atoms with Crippen molar-refractivity contribution in [3.63, 3.8) is 0 Å². The highest BCUT2D eigenvalue weighted by Crippen LogP contribution is 2.28. The summed E-state index contributed by atoms with van der Waals surface area (Å²) >= 11 is 0. The molecule has 1 aliphatic heterocycles. The maximum Gasteiger partial charge on any atom is 0.267 e. The lowest BCUT2D eigenvalue weighted by atomic mass is 10.2. The van der Waals surface area contributed by atoms with Crippen LogP contribution in [0.1, 0.15) is 23.3 Å². The van der Waals surface area contributed by atoms with Gasteiger partial charge >= 0.3 is 0 Å². The number of aromatic nitrogens is 1. The van der Waals surface area contributed by atoms with Gasteiger partial charge in [-0.3, -0.25) is 9.59 Å². The van der Waals surface area contributed by atoms with Crippen LogP contribution in [0, 0.1) is 0 Å². The van der Waals surface area contributed by atoms with Crippen molar-refractivity contribution in [1.29, 1.82) is 0 Å². The van der Waals surface area contributed by atoms with Gasteiger partial charge in [0.05, 0.1) is 5.69 Å². The molecular weight excluding hydrogens is 234 g/mol. The molecule has 1 saturated heterocycles. The lowest BCUT2D eigenvalue weighted by Gasteiger charge is -2.24. The number of carbonyl (C=O) groups is 2. The molecule has 7 nitrogen and oxygen atoms in total. The molecule has 0 aliphatic carbocycles. The van der Waals surface area contributed by atoms with E-state index in [0.717, 1.165) is 6.42 Å². The van der Waals surface area contributed by atoms with Crippen LogP contribution in [0.2, 0.25) is 0 Å². The third-order valence-corrected chi connectivity index (χ3v) is 3.01. The fourth-order valence-corrected chi connectivity index (χ4v) is 2.14. The number of hydrogen-bond donors (Lipinski definition) is 3. The van der Waals surface area contributed by atoms with Crippen molar-refractivity contribution in [2.75, 3.05) is 17.2 Å². The van der Waals surface area contributed by atoms with Crippen LogP contribution >= 0.6 is 0 Å². The van der Waals surface area contributed by atoms with E-state index >= 15 is 0 Å². The van der Waals surface area contributed by atoms with Crippen LogP contribution in [0.4, 0.5) is 11.5 Å². The second-order valence-electron chi connectivity index (χ2n) is 4.23. The van der Waals surface area contributed by atoms with Crippen molar-refractivity contribution in [1.82, 2.24) is 4.98 Å². The number of carbonyl (C=O) groups excluding carboxylic acids is 2. The Morgan fingerprint density at radius 3 is 2.67 bits per heavy atom. The number of pyridine rings is 1. The zero-order chi connectivity index (χ0) is 13.3. The van der Waals surface area contributed by atoms with Gasteiger partial charge in [0.15, 0.2) is 5.82 Å². The Morgan fingerprint density at radius 1 is 1.33 bits per heavy atom. The summed E-state index contributed by atoms with van der Waals surface area (Å²) < 4.78 is 0. The van der Waals surface area contributed by atoms with E-state index in [2.05, 4.69) is 4.98 Å². The van der Waals surface area contributed by atoms with Crippen LogP contribution in [0.25, 0.3) is 0 Å². The second kappa shape index (κ2) is 4.52. The molecule has 2 heterocycles. The average Bonchev–Trinajstić information content (AvgIpc) is 2.78. The quantitative estimate of drug-likeness (QED) is 0.647. The van der Waals surface area contributed by atoms with Crippen LogP contribution in [0.5, 0.6) is 0 Å². The normalized spacial score (nSPS) is 18.9. The molecule has 1 fully saturated rings. The molecule has 18 heavy (non-hydrogen) atoms. The Kier molecular flexibility index (Phi) is 3.05. The first kappa shape index (κ1) is 12.2. The van der Waals surface area contributed by atoms with E-state index in [-0.39, 0.29) is 5.69 Å². The molecule has 0 spiro atoms. The summed E-state index contributed by atoms with van der Waals surface area (Å²) in [6.45, 7) is 0.632. The first-order chi connectivity index (χ1) is 8.50. The summed E-state index contributed by atoms with van der Waals surface area (Å²) in [7, 11) is 0. The molecule has 0 radical (unpaired) electrons. The number of nitrogens with two attached hydrogens (primary N) is 3. The average molecular weight is 249 g/mol. The number of amides is 2. The van der Waals surface area contributed by atoms with Gasteiger partial charge in [0.25, 0.3) is 5.91 Å². The predicted molar refractivity (Wildman–Crippen MR) is 66.7 cm³/mol. The molecule has 7 heteroatoms. The second-order valence-corrected chi connectivity index (χ2v) is 4.23. The lowest BCUT2D eigenvalue weighted by molar-refractivity contribution is -0.119. The molecule has 2 rings (SSSR count). The van der Waals surface area contributed by atoms with Crippen molar-refractivity contribution in [3.8, 4) is 0 Å². The lowest BCUT2D eigenvalue weighted by Crippen LogP contribution is -2.41. The van der Waals surface area contributed by atoms with Gasteiger partial charge in [0, 0.05) is 6.54 Å². The van der Waals surface area contributed by atoms with Gasteiger partial charge in [-0.25, -0.2) is 4.98 Å². The van der Waals surface area contributed by atoms with Gasteiger partial charge in [-0.05, 0) is 25.0 Å². The smallest absolute Gasteiger partial charge is 0.267 e. The van der Waals surface area contributed by atoms with E-state index in [1.165, 1.54) is 6.07 Å². The van der Waals surface area contributed by atoms with Crippen molar-refractivity contribution in [3.05, 3.63) is 17.8 Å². The maximum atomic E-state index is 11.3. The molecule has 0 bridgehead atoms. The van der Waals surface area contributed by atoms with Crippen LogP contribution in [0.15, 0.2) is 12.1 Å². The minimum atomic E-state index is -0.633. The highest BCUT2D eigenvalue weighted by Gasteiger charge is 2.31. The summed E-state index contributed by atoms with van der Waals surface area (Å²) in [5, 5.41) is 0. The van der Waals surface area contributed by atoms with Gasteiger partial charge in [0.1, 0.15) is 11.7 Å². The zero-order valence-electron chi connectivity index (χ0n) is 9.80. The molecule has 1 aromatic rings. The van der Waals surface area contributed by atoms with Crippen molar-refractivity contribution < 1.29 is 9.59 Å². The largest absolute Gasteiger partial charge is 0.396 e. The highest BCUT2D eigenvalue weighted by molar-refractivity contribution is 5.92. The van der Waals surface area contributed by atoms with Gasteiger partial charge in [-0.15, -0.1) is 0 Å². The van der Waals surface area contributed by atoms with Gasteiger partial charge in [-0.2, -0.15) is 0 Å². The molecule has 1 aromatic heterocycles. The highest BCUT2D eigenvalue weighted by atomic mass is 16.1. The summed E-state index contributed by atoms with van der Waals surface area (Å²) in [5.74, 6) is -0.656. The number of rotatable bonds is 3. The fourth-order valence-electron chi connectivity index (χ4n) is 2.14. The van der Waals surface area contributed by atoms with Gasteiger partial charge < -0.3 is 22.1 Å². The topological polar surface area (TPSA) is 128 Å². The molecule has 0 aromatic carbocycles. The van der Waals surface area contributed by atoms with Crippen molar-refractivity contribution in [2.24, 2.45) is 11.5 Å². The third kappa shape index (κ3) is 2.06. The summed E-state index contributed by atoms with van der Waals surface area (Å²) in [5.41, 5.74) is 16.8. The Morgan fingerprint density at radius 2 is 2.06 bits per heavy atom. The zero-order valence-corrected chi connectivity index (χ0v) is 9.80. The number of nitrogen functional groups attached to an aromatic ring is 1. The van der Waals surface area contributed by atoms with Crippen LogP contribution in [-0.4, -0.2) is 29.4 Å². The van der Waals surface area contributed by atoms with Crippen molar-refractivity contribution >= 4 is 23.3 Å². The molecule has 1 aliphatic rings. The molecule has 96 valence electrons. The first-order valence-electron chi connectivity index (χ1n) is 5.63. The van der Waals surface area contributed by atoms with Crippen molar-refractivity contribution in [2.45, 2.75) is 18.9 Å². The summed E-state index contributed by atoms with van der Waals surface area (Å²) in [4.78, 5) is 28.3. The molecule has 2 amide bonds. The Labute approximate surface area is 104 Å². The van der Waals surface area contributed by atoms with Crippen LogP contribution < -0.4 is 22.1 Å². The maximum absolute atomic E-state index is 11.3. The number of primary amides is 2. The summed E-state index contributed by atoms with van der Waals surface area (Å²) in [6.07, 6.45) is 1.49. The molecule has 6 N–H and O–H groups in total. The first-order valence-corrected chi connectivity index (χ1v) is 5.63. The Balaban J connectivity index is 2.40. The van der Waals surface area contributed by atoms with E-state index in [0.29, 0.717) is 24.5 Å². The van der Waals surface area contributed by atoms with E-state index in [9.17, 15) is 9.59 Å². The molecule has 1 unspecified atom stereocenters. The van der Waals surface area contributed by atoms with E-state index < -0.39 is 17.9 Å². The predicted octanol–water partition coefficient (Wildman–Crippen LogP) is -0.783. The number of anilines is 2. The fraction of sp³-hybridized carbons (Fsp3) is 0.364. The standard InChI is InChI=1S/C11H15N5O2/c12-6-3-4-7(9(13)17)15-11(6)16-5-1-2-8(16)10(14)18/h3-4,8H,1-2,5,12H2,(H2,13,17)(H2,14,18). The number of nitrogens with zero attached hydrogens (tertiary/aromatic N) is 2. The molecule has 0 saturated carbocycles. The minimum Gasteiger partial charge on any atom is -0.396 e. The third-order valence-electron chi connectivity index (χ3n) is 3.01. The SMILES string of the molecule is NC(=O)c1ccc(N)c(N2CCCC2C(N)=O)n1. The molecule has 1 atom stereocenters. The van der Waals surface area contributed by atoms with E-state index in [4.69, 9.17) is 17.2 Å². The van der Waals surface area contributed by atoms with E-state index in [1.807, 2.05) is 0 Å². The van der Waals surface area contributed by atoms with Gasteiger partial charge in [0.2, 0.25) is 5.91 Å². The van der Waals surface area contributed by atoms with Gasteiger partial charge in [-0.1, -0.05) is 0 Å². The monoisotopic (exact) mass is 249 g/mol. The molecular formula is C11H15N5O2. The van der Waals surface area contributed by atoms with Crippen LogP contribution in [-0.2, 0) is 4.79 Å².